The van der Waals surface area contributed by atoms with Crippen LogP contribution in [0.2, 0.25) is 0 Å². The number of hydrogen-bond donors (Lipinski definition) is 1. The summed E-state index contributed by atoms with van der Waals surface area (Å²) in [6.45, 7) is 10.4. The normalized spacial score (nSPS) is 19.1. The second-order valence-corrected chi connectivity index (χ2v) is 8.36. The molecule has 2 unspecified atom stereocenters. The molecule has 1 aromatic carbocycles. The van der Waals surface area contributed by atoms with E-state index in [0.717, 1.165) is 11.1 Å². The lowest BCUT2D eigenvalue weighted by atomic mass is 9.74. The van der Waals surface area contributed by atoms with Crippen LogP contribution in [0.25, 0.3) is 0 Å². The van der Waals surface area contributed by atoms with Crippen molar-refractivity contribution in [1.29, 1.82) is 0 Å². The predicted octanol–water partition coefficient (Wildman–Crippen LogP) is 3.07. The molecular weight excluding hydrogens is 384 g/mol. The third-order valence-corrected chi connectivity index (χ3v) is 4.86. The maximum Gasteiger partial charge on any atom is 0.325 e. The van der Waals surface area contributed by atoms with Crippen LogP contribution in [-0.4, -0.2) is 42.8 Å². The third-order valence-electron chi connectivity index (χ3n) is 4.86. The number of nitrogens with one attached hydrogen (secondary N) is 1. The Kier molecular flexibility index (Phi) is 7.18. The molecule has 0 fully saturated rings. The summed E-state index contributed by atoms with van der Waals surface area (Å²) in [7, 11) is 1.32. The van der Waals surface area contributed by atoms with Crippen molar-refractivity contribution in [2.75, 3.05) is 13.7 Å². The van der Waals surface area contributed by atoms with Gasteiger partial charge in [0.05, 0.1) is 7.11 Å². The van der Waals surface area contributed by atoms with Crippen molar-refractivity contribution in [1.82, 2.24) is 5.32 Å². The van der Waals surface area contributed by atoms with E-state index in [4.69, 9.17) is 9.47 Å². The first-order valence-corrected chi connectivity index (χ1v) is 9.85. The maximum absolute atomic E-state index is 13.1. The van der Waals surface area contributed by atoms with Crippen LogP contribution in [0.4, 0.5) is 0 Å². The number of benzene rings is 1. The SMILES string of the molecule is COC(=O)C1C(C)=NC(C)=C(C(=O)NCC(=O)OC(C)(C)C)C1c1ccccc1C. The minimum absolute atomic E-state index is 0.279. The maximum atomic E-state index is 13.1. The number of ether oxygens (including phenoxy) is 2. The molecule has 7 nitrogen and oxygen atoms in total. The summed E-state index contributed by atoms with van der Waals surface area (Å²) in [5.41, 5.74) is 2.55. The van der Waals surface area contributed by atoms with E-state index in [9.17, 15) is 14.4 Å². The lowest BCUT2D eigenvalue weighted by Gasteiger charge is -2.32. The number of aliphatic imine (C=N–C) groups is 1. The number of amides is 1. The van der Waals surface area contributed by atoms with Gasteiger partial charge in [0, 0.05) is 22.9 Å². The molecule has 0 radical (unpaired) electrons. The Balaban J connectivity index is 2.44. The van der Waals surface area contributed by atoms with Crippen LogP contribution in [0.15, 0.2) is 40.5 Å². The fraction of sp³-hybridized carbons (Fsp3) is 0.478. The fourth-order valence-electron chi connectivity index (χ4n) is 3.66. The Bertz CT molecular complexity index is 908. The van der Waals surface area contributed by atoms with E-state index in [0.29, 0.717) is 17.0 Å². The number of aryl methyl sites for hydroxylation is 1. The highest BCUT2D eigenvalue weighted by Gasteiger charge is 2.42. The zero-order valence-electron chi connectivity index (χ0n) is 18.7. The summed E-state index contributed by atoms with van der Waals surface area (Å²) in [5.74, 6) is -2.77. The van der Waals surface area contributed by atoms with Gasteiger partial charge in [-0.05, 0) is 52.7 Å². The van der Waals surface area contributed by atoms with Crippen LogP contribution < -0.4 is 5.32 Å². The molecule has 0 spiro atoms. The van der Waals surface area contributed by atoms with Gasteiger partial charge in [0.1, 0.15) is 18.1 Å². The van der Waals surface area contributed by atoms with Crippen molar-refractivity contribution >= 4 is 23.6 Å². The van der Waals surface area contributed by atoms with Crippen LogP contribution in [0.3, 0.4) is 0 Å². The molecule has 1 aromatic rings. The molecule has 1 amide bonds. The van der Waals surface area contributed by atoms with E-state index in [1.54, 1.807) is 34.6 Å². The Morgan fingerprint density at radius 3 is 2.30 bits per heavy atom. The van der Waals surface area contributed by atoms with Gasteiger partial charge in [-0.1, -0.05) is 24.3 Å². The molecule has 1 aliphatic rings. The van der Waals surface area contributed by atoms with Crippen molar-refractivity contribution in [3.63, 3.8) is 0 Å². The summed E-state index contributed by atoms with van der Waals surface area (Å²) in [4.78, 5) is 42.3. The van der Waals surface area contributed by atoms with Crippen molar-refractivity contribution in [2.45, 2.75) is 53.1 Å². The Morgan fingerprint density at radius 2 is 1.73 bits per heavy atom. The van der Waals surface area contributed by atoms with Gasteiger partial charge in [0.15, 0.2) is 0 Å². The first-order valence-electron chi connectivity index (χ1n) is 9.85. The Morgan fingerprint density at radius 1 is 1.10 bits per heavy atom. The molecule has 0 saturated heterocycles. The predicted molar refractivity (Wildman–Crippen MR) is 114 cm³/mol. The van der Waals surface area contributed by atoms with E-state index in [-0.39, 0.29) is 6.54 Å². The number of nitrogens with zero attached hydrogens (tertiary/aromatic N) is 1. The Hall–Kier alpha value is -2.96. The first-order chi connectivity index (χ1) is 14.0. The summed E-state index contributed by atoms with van der Waals surface area (Å²) >= 11 is 0. The molecule has 0 aromatic heterocycles. The molecule has 30 heavy (non-hydrogen) atoms. The summed E-state index contributed by atoms with van der Waals surface area (Å²) < 4.78 is 10.3. The summed E-state index contributed by atoms with van der Waals surface area (Å²) in [6, 6.07) is 7.58. The smallest absolute Gasteiger partial charge is 0.325 e. The standard InChI is InChI=1S/C23H30N2O5/c1-13-10-8-9-11-16(13)20-18(14(2)25-15(3)19(20)22(28)29-7)21(27)24-12-17(26)30-23(4,5)6/h8-11,19-20H,12H2,1-7H3,(H,24,27). The zero-order valence-corrected chi connectivity index (χ0v) is 18.7. The molecule has 0 bridgehead atoms. The van der Waals surface area contributed by atoms with Gasteiger partial charge >= 0.3 is 11.9 Å². The van der Waals surface area contributed by atoms with Gasteiger partial charge < -0.3 is 14.8 Å². The van der Waals surface area contributed by atoms with Gasteiger partial charge in [0.2, 0.25) is 5.91 Å². The van der Waals surface area contributed by atoms with Gasteiger partial charge in [0.25, 0.3) is 0 Å². The molecule has 2 rings (SSSR count). The zero-order chi connectivity index (χ0) is 22.6. The second kappa shape index (κ2) is 9.24. The van der Waals surface area contributed by atoms with Gasteiger partial charge in [-0.2, -0.15) is 0 Å². The van der Waals surface area contributed by atoms with E-state index >= 15 is 0 Å². The second-order valence-electron chi connectivity index (χ2n) is 8.36. The van der Waals surface area contributed by atoms with Crippen molar-refractivity contribution in [3.8, 4) is 0 Å². The van der Waals surface area contributed by atoms with Crippen molar-refractivity contribution in [3.05, 3.63) is 46.7 Å². The first kappa shape index (κ1) is 23.3. The van der Waals surface area contributed by atoms with Gasteiger partial charge in [-0.3, -0.25) is 19.4 Å². The minimum atomic E-state index is -0.734. The molecule has 1 N–H and O–H groups in total. The monoisotopic (exact) mass is 414 g/mol. The van der Waals surface area contributed by atoms with Gasteiger partial charge in [-0.15, -0.1) is 0 Å². The lowest BCUT2D eigenvalue weighted by Crippen LogP contribution is -2.41. The number of allylic oxidation sites excluding steroid dienone is 1. The quantitative estimate of drug-likeness (QED) is 0.748. The highest BCUT2D eigenvalue weighted by Crippen LogP contribution is 2.40. The molecule has 7 heteroatoms. The third kappa shape index (κ3) is 5.34. The number of methoxy groups -OCH3 is 1. The van der Waals surface area contributed by atoms with E-state index in [1.165, 1.54) is 7.11 Å². The molecule has 1 heterocycles. The van der Waals surface area contributed by atoms with Crippen LogP contribution in [-0.2, 0) is 23.9 Å². The molecule has 0 aliphatic carbocycles. The molecule has 2 atom stereocenters. The van der Waals surface area contributed by atoms with Crippen LogP contribution in [0, 0.1) is 12.8 Å². The van der Waals surface area contributed by atoms with Crippen LogP contribution in [0.1, 0.15) is 51.7 Å². The highest BCUT2D eigenvalue weighted by atomic mass is 16.6. The average Bonchev–Trinajstić information content (AvgIpc) is 2.64. The largest absolute Gasteiger partial charge is 0.468 e. The number of rotatable bonds is 5. The number of carbonyl (C=O) groups is 3. The fourth-order valence-corrected chi connectivity index (χ4v) is 3.66. The topological polar surface area (TPSA) is 94.1 Å². The Labute approximate surface area is 177 Å². The average molecular weight is 415 g/mol. The van der Waals surface area contributed by atoms with Crippen LogP contribution in [0.5, 0.6) is 0 Å². The minimum Gasteiger partial charge on any atom is -0.468 e. The molecule has 162 valence electrons. The number of carbonyl (C=O) groups excluding carboxylic acids is 3. The van der Waals surface area contributed by atoms with E-state index in [2.05, 4.69) is 10.3 Å². The van der Waals surface area contributed by atoms with E-state index < -0.39 is 35.3 Å². The number of esters is 2. The molecular formula is C23H30N2O5. The van der Waals surface area contributed by atoms with E-state index in [1.807, 2.05) is 31.2 Å². The number of hydrogen-bond acceptors (Lipinski definition) is 6. The molecule has 0 saturated carbocycles. The van der Waals surface area contributed by atoms with Crippen LogP contribution >= 0.6 is 0 Å². The highest BCUT2D eigenvalue weighted by molar-refractivity contribution is 6.08. The summed E-state index contributed by atoms with van der Waals surface area (Å²) in [6.07, 6.45) is 0. The van der Waals surface area contributed by atoms with Crippen molar-refractivity contribution in [2.24, 2.45) is 10.9 Å². The lowest BCUT2D eigenvalue weighted by molar-refractivity contribution is -0.154. The molecule has 1 aliphatic heterocycles. The summed E-state index contributed by atoms with van der Waals surface area (Å²) in [5, 5.41) is 2.62. The van der Waals surface area contributed by atoms with Gasteiger partial charge in [-0.25, -0.2) is 0 Å². The van der Waals surface area contributed by atoms with Crippen molar-refractivity contribution < 1.29 is 23.9 Å².